The third kappa shape index (κ3) is 19.3. The van der Waals surface area contributed by atoms with Gasteiger partial charge in [0.2, 0.25) is 5.91 Å². The summed E-state index contributed by atoms with van der Waals surface area (Å²) in [7, 11) is 2.68. The molecular formula is C41H67NO9. The SMILES string of the molecule is CCCCCCCC(=O)CCCCCCC=C[C@H](C(=O)N[C@@H](Cc1ccc(OCCCC)cc1)C(=O)OC)[C@@](O)(CCOC)C(=O)OC(C)(C)C. The van der Waals surface area contributed by atoms with Crippen molar-refractivity contribution >= 4 is 23.6 Å². The van der Waals surface area contributed by atoms with Gasteiger partial charge in [-0.1, -0.05) is 83.1 Å². The molecule has 0 spiro atoms. The van der Waals surface area contributed by atoms with Gasteiger partial charge in [-0.25, -0.2) is 9.59 Å². The van der Waals surface area contributed by atoms with E-state index in [0.29, 0.717) is 37.4 Å². The number of ether oxygens (including phenoxy) is 4. The number of Topliss-reactive ketones (excluding diaryl/α,β-unsaturated/α-hetero) is 1. The van der Waals surface area contributed by atoms with Crippen LogP contribution in [0.1, 0.15) is 136 Å². The van der Waals surface area contributed by atoms with Crippen LogP contribution in [0.5, 0.6) is 5.75 Å². The molecule has 0 aliphatic rings. The van der Waals surface area contributed by atoms with Crippen LogP contribution in [0.4, 0.5) is 0 Å². The van der Waals surface area contributed by atoms with Crippen molar-refractivity contribution < 1.29 is 43.2 Å². The van der Waals surface area contributed by atoms with E-state index in [4.69, 9.17) is 18.9 Å². The molecule has 10 heteroatoms. The Labute approximate surface area is 307 Å². The molecule has 0 aliphatic carbocycles. The summed E-state index contributed by atoms with van der Waals surface area (Å²) in [5.41, 5.74) is -2.45. The van der Waals surface area contributed by atoms with Crippen molar-refractivity contribution in [2.75, 3.05) is 27.4 Å². The average molecular weight is 718 g/mol. The Bertz CT molecular complexity index is 1170. The average Bonchev–Trinajstić information content (AvgIpc) is 3.09. The zero-order valence-corrected chi connectivity index (χ0v) is 32.6. The third-order valence-electron chi connectivity index (χ3n) is 8.63. The molecule has 0 unspecified atom stereocenters. The molecule has 1 amide bonds. The summed E-state index contributed by atoms with van der Waals surface area (Å²) in [5.74, 6) is -2.70. The predicted molar refractivity (Wildman–Crippen MR) is 200 cm³/mol. The topological polar surface area (TPSA) is 137 Å². The van der Waals surface area contributed by atoms with E-state index in [1.807, 2.05) is 24.3 Å². The summed E-state index contributed by atoms with van der Waals surface area (Å²) in [4.78, 5) is 52.6. The van der Waals surface area contributed by atoms with Gasteiger partial charge in [0.1, 0.15) is 23.2 Å². The van der Waals surface area contributed by atoms with Crippen LogP contribution in [-0.2, 0) is 39.8 Å². The number of aliphatic hydroxyl groups is 1. The molecule has 0 heterocycles. The number of carbonyl (C=O) groups excluding carboxylic acids is 4. The van der Waals surface area contributed by atoms with Crippen LogP contribution in [-0.4, -0.2) is 73.4 Å². The number of esters is 2. The quantitative estimate of drug-likeness (QED) is 0.0510. The van der Waals surface area contributed by atoms with E-state index in [9.17, 15) is 24.3 Å². The molecule has 0 fully saturated rings. The van der Waals surface area contributed by atoms with Crippen LogP contribution in [0.2, 0.25) is 0 Å². The van der Waals surface area contributed by atoms with Crippen molar-refractivity contribution in [2.24, 2.45) is 5.92 Å². The Morgan fingerprint density at radius 3 is 2.00 bits per heavy atom. The molecular weight excluding hydrogens is 650 g/mol. The minimum Gasteiger partial charge on any atom is -0.494 e. The normalized spacial score (nSPS) is 14.0. The van der Waals surface area contributed by atoms with Gasteiger partial charge in [-0.3, -0.25) is 9.59 Å². The predicted octanol–water partition coefficient (Wildman–Crippen LogP) is 7.62. The van der Waals surface area contributed by atoms with Crippen LogP contribution in [0.3, 0.4) is 0 Å². The molecule has 0 saturated carbocycles. The van der Waals surface area contributed by atoms with E-state index in [0.717, 1.165) is 56.9 Å². The number of methoxy groups -OCH3 is 2. The molecule has 2 N–H and O–H groups in total. The molecule has 1 aromatic rings. The van der Waals surface area contributed by atoms with E-state index in [1.165, 1.54) is 39.6 Å². The van der Waals surface area contributed by atoms with E-state index in [1.54, 1.807) is 26.8 Å². The Balaban J connectivity index is 3.06. The summed E-state index contributed by atoms with van der Waals surface area (Å²) >= 11 is 0. The first-order chi connectivity index (χ1) is 24.3. The van der Waals surface area contributed by atoms with E-state index in [-0.39, 0.29) is 19.4 Å². The second-order valence-electron chi connectivity index (χ2n) is 14.4. The smallest absolute Gasteiger partial charge is 0.339 e. The number of benzene rings is 1. The van der Waals surface area contributed by atoms with Gasteiger partial charge in [-0.2, -0.15) is 0 Å². The monoisotopic (exact) mass is 717 g/mol. The first-order valence-electron chi connectivity index (χ1n) is 19.0. The molecule has 0 aliphatic heterocycles. The molecule has 0 saturated heterocycles. The molecule has 51 heavy (non-hydrogen) atoms. The molecule has 0 radical (unpaired) electrons. The second kappa shape index (κ2) is 25.7. The Kier molecular flexibility index (Phi) is 23.0. The zero-order valence-electron chi connectivity index (χ0n) is 32.6. The first-order valence-corrected chi connectivity index (χ1v) is 19.0. The van der Waals surface area contributed by atoms with Crippen LogP contribution < -0.4 is 10.1 Å². The fourth-order valence-electron chi connectivity index (χ4n) is 5.58. The highest BCUT2D eigenvalue weighted by Crippen LogP contribution is 2.29. The number of allylic oxidation sites excluding steroid dienone is 1. The van der Waals surface area contributed by atoms with Gasteiger partial charge >= 0.3 is 11.9 Å². The minimum atomic E-state index is -2.28. The number of hydrogen-bond donors (Lipinski definition) is 2. The van der Waals surface area contributed by atoms with Crippen LogP contribution in [0.25, 0.3) is 0 Å². The number of ketones is 1. The standard InChI is InChI=1S/C41H67NO9/c1-8-10-12-15-18-21-33(43)22-19-16-13-14-17-20-23-35(41(47,28-30-48-6)39(46)51-40(3,4)5)37(44)42-36(38(45)49-7)31-32-24-26-34(27-25-32)50-29-11-9-2/h20,23-27,35-36,47H,8-19,21-22,28-31H2,1-7H3,(H,42,44)/t35-,36+,41+/m1/s1. The van der Waals surface area contributed by atoms with Crippen LogP contribution >= 0.6 is 0 Å². The van der Waals surface area contributed by atoms with Crippen LogP contribution in [0.15, 0.2) is 36.4 Å². The second-order valence-corrected chi connectivity index (χ2v) is 14.4. The van der Waals surface area contributed by atoms with E-state index >= 15 is 0 Å². The van der Waals surface area contributed by atoms with Crippen molar-refractivity contribution in [3.8, 4) is 5.75 Å². The summed E-state index contributed by atoms with van der Waals surface area (Å²) in [6.07, 6.45) is 16.2. The van der Waals surface area contributed by atoms with Gasteiger partial charge in [0.05, 0.1) is 19.6 Å². The lowest BCUT2D eigenvalue weighted by Crippen LogP contribution is -2.56. The lowest BCUT2D eigenvalue weighted by Gasteiger charge is -2.35. The third-order valence-corrected chi connectivity index (χ3v) is 8.63. The van der Waals surface area contributed by atoms with Gasteiger partial charge in [-0.05, 0) is 70.6 Å². The van der Waals surface area contributed by atoms with Gasteiger partial charge in [-0.15, -0.1) is 0 Å². The maximum atomic E-state index is 14.0. The zero-order chi connectivity index (χ0) is 38.1. The van der Waals surface area contributed by atoms with Gasteiger partial charge in [0.25, 0.3) is 0 Å². The fraction of sp³-hybridized carbons (Fsp3) is 0.707. The molecule has 3 atom stereocenters. The van der Waals surface area contributed by atoms with Crippen molar-refractivity contribution in [1.29, 1.82) is 0 Å². The van der Waals surface area contributed by atoms with Crippen molar-refractivity contribution in [2.45, 2.75) is 155 Å². The number of unbranched alkanes of at least 4 members (excludes halogenated alkanes) is 9. The number of nitrogens with one attached hydrogen (secondary N) is 1. The summed E-state index contributed by atoms with van der Waals surface area (Å²) in [5, 5.41) is 14.7. The molecule has 1 aromatic carbocycles. The van der Waals surface area contributed by atoms with Crippen molar-refractivity contribution in [3.63, 3.8) is 0 Å². The highest BCUT2D eigenvalue weighted by Gasteiger charge is 2.49. The molecule has 0 bridgehead atoms. The highest BCUT2D eigenvalue weighted by molar-refractivity contribution is 5.93. The van der Waals surface area contributed by atoms with Gasteiger partial charge < -0.3 is 29.4 Å². The molecule has 10 nitrogen and oxygen atoms in total. The molecule has 0 aromatic heterocycles. The molecule has 290 valence electrons. The number of amides is 1. The maximum Gasteiger partial charge on any atom is 0.339 e. The van der Waals surface area contributed by atoms with Crippen molar-refractivity contribution in [3.05, 3.63) is 42.0 Å². The summed E-state index contributed by atoms with van der Waals surface area (Å²) in [6.45, 7) is 9.90. The minimum absolute atomic E-state index is 0.0159. The van der Waals surface area contributed by atoms with E-state index in [2.05, 4.69) is 19.2 Å². The number of carbonyl (C=O) groups is 4. The highest BCUT2D eigenvalue weighted by atomic mass is 16.6. The summed E-state index contributed by atoms with van der Waals surface area (Å²) < 4.78 is 21.6. The number of rotatable bonds is 28. The maximum absolute atomic E-state index is 14.0. The Hall–Kier alpha value is -3.24. The summed E-state index contributed by atoms with van der Waals surface area (Å²) in [6, 6.07) is 6.18. The Morgan fingerprint density at radius 2 is 1.43 bits per heavy atom. The Morgan fingerprint density at radius 1 is 0.824 bits per heavy atom. The van der Waals surface area contributed by atoms with Gasteiger partial charge in [0, 0.05) is 39.4 Å². The van der Waals surface area contributed by atoms with Crippen molar-refractivity contribution in [1.82, 2.24) is 5.32 Å². The molecule has 1 rings (SSSR count). The lowest BCUT2D eigenvalue weighted by molar-refractivity contribution is -0.185. The first kappa shape index (κ1) is 45.8. The van der Waals surface area contributed by atoms with Crippen LogP contribution in [0, 0.1) is 5.92 Å². The van der Waals surface area contributed by atoms with Gasteiger partial charge in [0.15, 0.2) is 5.60 Å². The number of hydrogen-bond acceptors (Lipinski definition) is 9. The lowest BCUT2D eigenvalue weighted by atomic mass is 9.82. The largest absolute Gasteiger partial charge is 0.494 e. The van der Waals surface area contributed by atoms with E-state index < -0.39 is 41.0 Å². The fourth-order valence-corrected chi connectivity index (χ4v) is 5.58.